The van der Waals surface area contributed by atoms with Crippen molar-refractivity contribution in [2.45, 2.75) is 19.0 Å². The van der Waals surface area contributed by atoms with Gasteiger partial charge in [-0.25, -0.2) is 4.98 Å². The first-order valence-corrected chi connectivity index (χ1v) is 10.9. The molecule has 0 spiro atoms. The highest BCUT2D eigenvalue weighted by Crippen LogP contribution is 2.20. The summed E-state index contributed by atoms with van der Waals surface area (Å²) in [7, 11) is 0. The third-order valence-corrected chi connectivity index (χ3v) is 5.38. The van der Waals surface area contributed by atoms with Crippen molar-refractivity contribution >= 4 is 28.7 Å². The van der Waals surface area contributed by atoms with E-state index in [1.54, 1.807) is 28.8 Å². The molecule has 0 fully saturated rings. The summed E-state index contributed by atoms with van der Waals surface area (Å²) in [5.74, 6) is 1.57. The zero-order valence-corrected chi connectivity index (χ0v) is 17.0. The number of nitrogens with one attached hydrogen (secondary N) is 2. The number of rotatable bonds is 8. The van der Waals surface area contributed by atoms with Gasteiger partial charge in [0.1, 0.15) is 5.82 Å². The quantitative estimate of drug-likeness (QED) is 0.464. The second-order valence-electron chi connectivity index (χ2n) is 6.86. The lowest BCUT2D eigenvalue weighted by Crippen LogP contribution is -2.29. The molecule has 6 nitrogen and oxygen atoms in total. The maximum atomic E-state index is 12.9. The van der Waals surface area contributed by atoms with E-state index in [1.165, 1.54) is 0 Å². The van der Waals surface area contributed by atoms with Crippen LogP contribution in [0.1, 0.15) is 34.2 Å². The van der Waals surface area contributed by atoms with Gasteiger partial charge in [-0.3, -0.25) is 9.48 Å². The van der Waals surface area contributed by atoms with Crippen LogP contribution in [0.4, 0.5) is 0 Å². The fourth-order valence-corrected chi connectivity index (χ4v) is 3.70. The van der Waals surface area contributed by atoms with E-state index < -0.39 is 0 Å². The van der Waals surface area contributed by atoms with Gasteiger partial charge in [0.15, 0.2) is 0 Å². The van der Waals surface area contributed by atoms with E-state index in [2.05, 4.69) is 26.6 Å². The first-order valence-electron chi connectivity index (χ1n) is 9.54. The Balaban J connectivity index is 1.49. The zero-order valence-electron chi connectivity index (χ0n) is 16.2. The average Bonchev–Trinajstić information content (AvgIpc) is 3.38. The van der Waals surface area contributed by atoms with Crippen molar-refractivity contribution in [3.05, 3.63) is 83.9 Å². The molecule has 0 aliphatic carbocycles. The van der Waals surface area contributed by atoms with Gasteiger partial charge in [0.05, 0.1) is 35.4 Å². The molecule has 4 aromatic rings. The highest BCUT2D eigenvalue weighted by Gasteiger charge is 2.20. The number of imidazole rings is 1. The number of carbonyl (C=O) groups excluding carboxylic acids is 1. The Kier molecular flexibility index (Phi) is 5.95. The Morgan fingerprint density at radius 1 is 1.17 bits per heavy atom. The van der Waals surface area contributed by atoms with Crippen molar-refractivity contribution in [2.75, 3.05) is 12.0 Å². The summed E-state index contributed by atoms with van der Waals surface area (Å²) in [5.41, 5.74) is 3.57. The smallest absolute Gasteiger partial charge is 0.255 e. The Morgan fingerprint density at radius 2 is 1.97 bits per heavy atom. The number of para-hydroxylation sites is 2. The maximum absolute atomic E-state index is 12.9. The van der Waals surface area contributed by atoms with E-state index in [1.807, 2.05) is 54.6 Å². The third kappa shape index (κ3) is 4.68. The van der Waals surface area contributed by atoms with Crippen molar-refractivity contribution in [2.24, 2.45) is 0 Å². The summed E-state index contributed by atoms with van der Waals surface area (Å²) in [5, 5.41) is 7.46. The molecule has 2 N–H and O–H groups in total. The van der Waals surface area contributed by atoms with E-state index in [9.17, 15) is 4.79 Å². The van der Waals surface area contributed by atoms with Gasteiger partial charge in [-0.15, -0.1) is 0 Å². The molecule has 2 aromatic carbocycles. The molecule has 29 heavy (non-hydrogen) atoms. The predicted molar refractivity (Wildman–Crippen MR) is 117 cm³/mol. The van der Waals surface area contributed by atoms with Crippen LogP contribution in [0.25, 0.3) is 11.0 Å². The highest BCUT2D eigenvalue weighted by molar-refractivity contribution is 7.98. The van der Waals surface area contributed by atoms with Gasteiger partial charge < -0.3 is 10.3 Å². The van der Waals surface area contributed by atoms with Gasteiger partial charge in [0.25, 0.3) is 5.91 Å². The Labute approximate surface area is 173 Å². The van der Waals surface area contributed by atoms with Crippen LogP contribution in [0.2, 0.25) is 0 Å². The lowest BCUT2D eigenvalue weighted by Gasteiger charge is -2.15. The van der Waals surface area contributed by atoms with Crippen LogP contribution in [0.5, 0.6) is 0 Å². The number of hydrogen-bond donors (Lipinski definition) is 2. The molecule has 2 aromatic heterocycles. The normalized spacial score (nSPS) is 12.2. The second kappa shape index (κ2) is 8.96. The van der Waals surface area contributed by atoms with Crippen LogP contribution in [0.15, 0.2) is 67.0 Å². The molecule has 1 atom stereocenters. The molecule has 1 unspecified atom stereocenters. The molecule has 0 radical (unpaired) electrons. The Hall–Kier alpha value is -3.06. The molecule has 7 heteroatoms. The fourth-order valence-electron chi connectivity index (χ4n) is 3.23. The summed E-state index contributed by atoms with van der Waals surface area (Å²) in [6.07, 6.45) is 6.26. The number of amides is 1. The van der Waals surface area contributed by atoms with Crippen molar-refractivity contribution in [1.29, 1.82) is 0 Å². The zero-order chi connectivity index (χ0) is 20.1. The summed E-state index contributed by atoms with van der Waals surface area (Å²) < 4.78 is 1.78. The van der Waals surface area contributed by atoms with Crippen LogP contribution in [0.3, 0.4) is 0 Å². The predicted octanol–water partition coefficient (Wildman–Crippen LogP) is 4.03. The van der Waals surface area contributed by atoms with Gasteiger partial charge in [0, 0.05) is 6.20 Å². The molecule has 4 rings (SSSR count). The van der Waals surface area contributed by atoms with Crippen LogP contribution >= 0.6 is 11.8 Å². The van der Waals surface area contributed by atoms with Gasteiger partial charge in [-0.2, -0.15) is 16.9 Å². The SMILES string of the molecule is CSCCC(NC(=O)c1cnn(Cc2ccccc2)c1)c1nc2ccccc2[nH]1. The summed E-state index contributed by atoms with van der Waals surface area (Å²) in [6.45, 7) is 0.633. The van der Waals surface area contributed by atoms with Gasteiger partial charge in [-0.05, 0) is 36.1 Å². The van der Waals surface area contributed by atoms with Crippen molar-refractivity contribution in [1.82, 2.24) is 25.1 Å². The van der Waals surface area contributed by atoms with Gasteiger partial charge in [-0.1, -0.05) is 42.5 Å². The minimum Gasteiger partial charge on any atom is -0.342 e. The van der Waals surface area contributed by atoms with Gasteiger partial charge in [0.2, 0.25) is 0 Å². The van der Waals surface area contributed by atoms with Crippen LogP contribution < -0.4 is 5.32 Å². The first kappa shape index (κ1) is 19.3. The number of aromatic amines is 1. The molecular weight excluding hydrogens is 382 g/mol. The lowest BCUT2D eigenvalue weighted by molar-refractivity contribution is 0.0934. The molecule has 0 saturated carbocycles. The number of aromatic nitrogens is 4. The van der Waals surface area contributed by atoms with Crippen LogP contribution in [0, 0.1) is 0 Å². The number of carbonyl (C=O) groups is 1. The molecule has 1 amide bonds. The number of thioether (sulfide) groups is 1. The number of hydrogen-bond acceptors (Lipinski definition) is 4. The maximum Gasteiger partial charge on any atom is 0.255 e. The minimum atomic E-state index is -0.181. The first-order chi connectivity index (χ1) is 14.2. The topological polar surface area (TPSA) is 75.6 Å². The number of H-pyrrole nitrogens is 1. The Bertz CT molecular complexity index is 1060. The summed E-state index contributed by atoms with van der Waals surface area (Å²) in [4.78, 5) is 20.9. The molecule has 2 heterocycles. The number of fused-ring (bicyclic) bond motifs is 1. The molecule has 0 aliphatic rings. The summed E-state index contributed by atoms with van der Waals surface area (Å²) >= 11 is 1.75. The van der Waals surface area contributed by atoms with Gasteiger partial charge >= 0.3 is 0 Å². The average molecular weight is 406 g/mol. The highest BCUT2D eigenvalue weighted by atomic mass is 32.2. The van der Waals surface area contributed by atoms with Crippen LogP contribution in [-0.2, 0) is 6.54 Å². The largest absolute Gasteiger partial charge is 0.342 e. The number of nitrogens with zero attached hydrogens (tertiary/aromatic N) is 3. The monoisotopic (exact) mass is 405 g/mol. The fraction of sp³-hybridized carbons (Fsp3) is 0.227. The van der Waals surface area contributed by atoms with Crippen LogP contribution in [-0.4, -0.2) is 37.7 Å². The molecule has 0 bridgehead atoms. The third-order valence-electron chi connectivity index (χ3n) is 4.74. The van der Waals surface area contributed by atoms with E-state index in [0.717, 1.165) is 34.6 Å². The minimum absolute atomic E-state index is 0.143. The van der Waals surface area contributed by atoms with E-state index in [-0.39, 0.29) is 11.9 Å². The summed E-state index contributed by atoms with van der Waals surface area (Å²) in [6, 6.07) is 17.8. The molecule has 0 aliphatic heterocycles. The van der Waals surface area contributed by atoms with Crippen molar-refractivity contribution < 1.29 is 4.79 Å². The van der Waals surface area contributed by atoms with E-state index in [4.69, 9.17) is 0 Å². The van der Waals surface area contributed by atoms with Crippen molar-refractivity contribution in [3.63, 3.8) is 0 Å². The molecular formula is C22H23N5OS. The van der Waals surface area contributed by atoms with Crippen molar-refractivity contribution in [3.8, 4) is 0 Å². The van der Waals surface area contributed by atoms with E-state index >= 15 is 0 Å². The lowest BCUT2D eigenvalue weighted by atomic mass is 10.2. The number of benzene rings is 2. The second-order valence-corrected chi connectivity index (χ2v) is 7.84. The standard InChI is InChI=1S/C22H23N5OS/c1-29-12-11-20(21-24-18-9-5-6-10-19(18)25-21)26-22(28)17-13-23-27(15-17)14-16-7-3-2-4-8-16/h2-10,13,15,20H,11-12,14H2,1H3,(H,24,25)(H,26,28). The Morgan fingerprint density at radius 3 is 2.76 bits per heavy atom. The van der Waals surface area contributed by atoms with E-state index in [0.29, 0.717) is 12.1 Å². The molecule has 148 valence electrons. The molecule has 0 saturated heterocycles.